The number of rotatable bonds is 3. The first-order valence-corrected chi connectivity index (χ1v) is 7.00. The Morgan fingerprint density at radius 2 is 2.12 bits per heavy atom. The normalized spacial score (nSPS) is 18.5. The Bertz CT molecular complexity index is 489. The fraction of sp³-hybridized carbons (Fsp3) is 0.667. The molecule has 0 aromatic carbocycles. The average molecular weight is 259 g/mol. The molecule has 0 unspecified atom stereocenters. The summed E-state index contributed by atoms with van der Waals surface area (Å²) in [5.41, 5.74) is 0.664. The van der Waals surface area contributed by atoms with Gasteiger partial charge in [0.15, 0.2) is 5.03 Å². The summed E-state index contributed by atoms with van der Waals surface area (Å²) in [5, 5.41) is 12.5. The summed E-state index contributed by atoms with van der Waals surface area (Å²) in [6.45, 7) is 4.22. The second-order valence-corrected chi connectivity index (χ2v) is 5.65. The molecule has 0 saturated carbocycles. The molecule has 1 aliphatic rings. The third kappa shape index (κ3) is 2.83. The van der Waals surface area contributed by atoms with Crippen molar-refractivity contribution in [2.45, 2.75) is 11.6 Å². The molecule has 1 aromatic heterocycles. The van der Waals surface area contributed by atoms with Gasteiger partial charge in [-0.3, -0.25) is 9.58 Å². The molecule has 0 amide bonds. The maximum absolute atomic E-state index is 11.5. The average Bonchev–Trinajstić information content (AvgIpc) is 2.60. The minimum Gasteiger partial charge on any atom is -0.314 e. The van der Waals surface area contributed by atoms with Crippen LogP contribution in [0.5, 0.6) is 0 Å². The topological polar surface area (TPSA) is 93.2 Å². The van der Waals surface area contributed by atoms with Crippen molar-refractivity contribution >= 4 is 10.0 Å². The van der Waals surface area contributed by atoms with Crippen molar-refractivity contribution in [2.24, 2.45) is 12.2 Å². The summed E-state index contributed by atoms with van der Waals surface area (Å²) in [6.07, 6.45) is 1.57. The first kappa shape index (κ1) is 12.5. The fourth-order valence-corrected chi connectivity index (χ4v) is 2.96. The van der Waals surface area contributed by atoms with Crippen LogP contribution in [0.15, 0.2) is 11.2 Å². The summed E-state index contributed by atoms with van der Waals surface area (Å²) in [4.78, 5) is 2.18. The maximum atomic E-state index is 11.5. The number of nitrogens with two attached hydrogens (primary N) is 1. The Morgan fingerprint density at radius 1 is 1.47 bits per heavy atom. The highest BCUT2D eigenvalue weighted by Crippen LogP contribution is 2.15. The number of hydrogen-bond acceptors (Lipinski definition) is 5. The molecule has 1 aromatic rings. The lowest BCUT2D eigenvalue weighted by atomic mass is 10.3. The summed E-state index contributed by atoms with van der Waals surface area (Å²) in [7, 11) is -2.13. The summed E-state index contributed by atoms with van der Waals surface area (Å²) in [5.74, 6) is 0. The predicted molar refractivity (Wildman–Crippen MR) is 62.7 cm³/mol. The first-order chi connectivity index (χ1) is 7.98. The van der Waals surface area contributed by atoms with E-state index >= 15 is 0 Å². The number of sulfonamides is 1. The van der Waals surface area contributed by atoms with Crippen LogP contribution in [-0.4, -0.2) is 49.3 Å². The van der Waals surface area contributed by atoms with E-state index in [2.05, 4.69) is 15.3 Å². The first-order valence-electron chi connectivity index (χ1n) is 5.45. The number of nitrogens with zero attached hydrogens (tertiary/aromatic N) is 3. The fourth-order valence-electron chi connectivity index (χ4n) is 2.06. The molecule has 3 N–H and O–H groups in total. The van der Waals surface area contributed by atoms with Gasteiger partial charge in [-0.05, 0) is 0 Å². The molecule has 96 valence electrons. The minimum atomic E-state index is -3.71. The van der Waals surface area contributed by atoms with Crippen LogP contribution in [0.2, 0.25) is 0 Å². The molecule has 7 nitrogen and oxygen atoms in total. The van der Waals surface area contributed by atoms with Crippen LogP contribution in [0.3, 0.4) is 0 Å². The minimum absolute atomic E-state index is 0.107. The largest absolute Gasteiger partial charge is 0.314 e. The number of primary sulfonamides is 1. The smallest absolute Gasteiger partial charge is 0.255 e. The molecular weight excluding hydrogens is 242 g/mol. The van der Waals surface area contributed by atoms with E-state index in [-0.39, 0.29) is 5.03 Å². The number of hydrogen-bond donors (Lipinski definition) is 2. The molecule has 2 rings (SSSR count). The standard InChI is InChI=1S/C9H17N5O2S/c1-13-9(17(10,15)16)8(6-12-13)7-14-4-2-11-3-5-14/h6,11H,2-5,7H2,1H3,(H2,10,15,16). The monoisotopic (exact) mass is 259 g/mol. The third-order valence-electron chi connectivity index (χ3n) is 2.83. The Labute approximate surface area is 101 Å². The lowest BCUT2D eigenvalue weighted by molar-refractivity contribution is 0.231. The van der Waals surface area contributed by atoms with Crippen molar-refractivity contribution in [1.82, 2.24) is 20.0 Å². The maximum Gasteiger partial charge on any atom is 0.255 e. The Hall–Kier alpha value is -0.960. The molecule has 0 atom stereocenters. The highest BCUT2D eigenvalue weighted by Gasteiger charge is 2.21. The third-order valence-corrected chi connectivity index (χ3v) is 3.89. The van der Waals surface area contributed by atoms with E-state index in [1.54, 1.807) is 13.2 Å². The lowest BCUT2D eigenvalue weighted by Gasteiger charge is -2.26. The van der Waals surface area contributed by atoms with Gasteiger partial charge in [-0.15, -0.1) is 0 Å². The second-order valence-electron chi connectivity index (χ2n) is 4.17. The van der Waals surface area contributed by atoms with E-state index in [0.29, 0.717) is 12.1 Å². The zero-order valence-corrected chi connectivity index (χ0v) is 10.6. The van der Waals surface area contributed by atoms with Crippen LogP contribution in [0.4, 0.5) is 0 Å². The van der Waals surface area contributed by atoms with Gasteiger partial charge in [-0.1, -0.05) is 0 Å². The summed E-state index contributed by atoms with van der Waals surface area (Å²) < 4.78 is 24.2. The second kappa shape index (κ2) is 4.73. The molecule has 0 spiro atoms. The molecule has 1 fully saturated rings. The van der Waals surface area contributed by atoms with Gasteiger partial charge in [-0.2, -0.15) is 5.10 Å². The van der Waals surface area contributed by atoms with Gasteiger partial charge in [0.05, 0.1) is 6.20 Å². The van der Waals surface area contributed by atoms with E-state index < -0.39 is 10.0 Å². The highest BCUT2D eigenvalue weighted by molar-refractivity contribution is 7.89. The number of aromatic nitrogens is 2. The van der Waals surface area contributed by atoms with Crippen molar-refractivity contribution < 1.29 is 8.42 Å². The van der Waals surface area contributed by atoms with Gasteiger partial charge in [0.25, 0.3) is 10.0 Å². The van der Waals surface area contributed by atoms with Gasteiger partial charge in [0.2, 0.25) is 0 Å². The van der Waals surface area contributed by atoms with Gasteiger partial charge < -0.3 is 5.32 Å². The Balaban J connectivity index is 2.21. The molecule has 17 heavy (non-hydrogen) atoms. The van der Waals surface area contributed by atoms with Crippen molar-refractivity contribution in [1.29, 1.82) is 0 Å². The number of aryl methyl sites for hydroxylation is 1. The van der Waals surface area contributed by atoms with Crippen LogP contribution in [-0.2, 0) is 23.6 Å². The van der Waals surface area contributed by atoms with Crippen LogP contribution in [0.25, 0.3) is 0 Å². The molecule has 0 aliphatic carbocycles. The Morgan fingerprint density at radius 3 is 2.71 bits per heavy atom. The van der Waals surface area contributed by atoms with E-state index in [0.717, 1.165) is 26.2 Å². The molecule has 0 radical (unpaired) electrons. The van der Waals surface area contributed by atoms with E-state index in [1.165, 1.54) is 4.68 Å². The molecule has 0 bridgehead atoms. The molecule has 8 heteroatoms. The molecular formula is C9H17N5O2S. The van der Waals surface area contributed by atoms with Crippen molar-refractivity contribution in [3.05, 3.63) is 11.8 Å². The van der Waals surface area contributed by atoms with Gasteiger partial charge >= 0.3 is 0 Å². The Kier molecular flexibility index (Phi) is 3.48. The lowest BCUT2D eigenvalue weighted by Crippen LogP contribution is -2.43. The van der Waals surface area contributed by atoms with Crippen molar-refractivity contribution in [2.75, 3.05) is 26.2 Å². The van der Waals surface area contributed by atoms with Gasteiger partial charge in [0.1, 0.15) is 0 Å². The van der Waals surface area contributed by atoms with Crippen LogP contribution >= 0.6 is 0 Å². The zero-order chi connectivity index (χ0) is 12.5. The van der Waals surface area contributed by atoms with E-state index in [1.807, 2.05) is 0 Å². The molecule has 2 heterocycles. The molecule has 1 saturated heterocycles. The number of nitrogens with one attached hydrogen (secondary N) is 1. The van der Waals surface area contributed by atoms with Crippen LogP contribution in [0.1, 0.15) is 5.56 Å². The SMILES string of the molecule is Cn1ncc(CN2CCNCC2)c1S(N)(=O)=O. The van der Waals surface area contributed by atoms with E-state index in [9.17, 15) is 8.42 Å². The predicted octanol–water partition coefficient (Wildman–Crippen LogP) is -1.53. The van der Waals surface area contributed by atoms with Crippen LogP contribution in [0, 0.1) is 0 Å². The molecule has 1 aliphatic heterocycles. The van der Waals surface area contributed by atoms with Crippen LogP contribution < -0.4 is 10.5 Å². The summed E-state index contributed by atoms with van der Waals surface area (Å²) >= 11 is 0. The van der Waals surface area contributed by atoms with Gasteiger partial charge in [-0.25, -0.2) is 13.6 Å². The number of piperazine rings is 1. The van der Waals surface area contributed by atoms with Crippen molar-refractivity contribution in [3.8, 4) is 0 Å². The quantitative estimate of drug-likeness (QED) is 0.687. The zero-order valence-electron chi connectivity index (χ0n) is 9.76. The van der Waals surface area contributed by atoms with Crippen molar-refractivity contribution in [3.63, 3.8) is 0 Å². The highest BCUT2D eigenvalue weighted by atomic mass is 32.2. The summed E-state index contributed by atoms with van der Waals surface area (Å²) in [6, 6.07) is 0. The van der Waals surface area contributed by atoms with Gasteiger partial charge in [0, 0.05) is 45.3 Å². The van der Waals surface area contributed by atoms with E-state index in [4.69, 9.17) is 5.14 Å².